The summed E-state index contributed by atoms with van der Waals surface area (Å²) in [5, 5.41) is 10.6. The minimum atomic E-state index is 0.389. The van der Waals surface area contributed by atoms with E-state index in [1.165, 1.54) is 0 Å². The van der Waals surface area contributed by atoms with Crippen molar-refractivity contribution in [2.75, 3.05) is 18.5 Å². The summed E-state index contributed by atoms with van der Waals surface area (Å²) in [6, 6.07) is 2.35. The second kappa shape index (κ2) is 4.23. The monoisotopic (exact) mass is 236 g/mol. The summed E-state index contributed by atoms with van der Waals surface area (Å²) in [4.78, 5) is 4.20. The fourth-order valence-electron chi connectivity index (χ4n) is 1.69. The molecule has 0 aliphatic carbocycles. The minimum Gasteiger partial charge on any atom is -0.379 e. The second-order valence-corrected chi connectivity index (χ2v) is 4.54. The maximum absolute atomic E-state index is 5.30. The molecule has 0 radical (unpaired) electrons. The van der Waals surface area contributed by atoms with E-state index < -0.39 is 0 Å². The Kier molecular flexibility index (Phi) is 2.59. The molecule has 3 heterocycles. The molecule has 5 nitrogen and oxygen atoms in total. The zero-order valence-corrected chi connectivity index (χ0v) is 9.48. The van der Waals surface area contributed by atoms with Crippen LogP contribution in [0.5, 0.6) is 0 Å². The molecule has 2 aromatic rings. The van der Waals surface area contributed by atoms with Crippen LogP contribution >= 0.6 is 11.3 Å². The third-order valence-electron chi connectivity index (χ3n) is 2.49. The van der Waals surface area contributed by atoms with Gasteiger partial charge in [-0.1, -0.05) is 0 Å². The molecule has 1 fully saturated rings. The Morgan fingerprint density at radius 2 is 2.56 bits per heavy atom. The van der Waals surface area contributed by atoms with Crippen molar-refractivity contribution in [1.29, 1.82) is 0 Å². The standard InChI is InChI=1S/C10H12N4OS/c1-4-14(10-11-3-6-16-10)13-9(1)12-8-2-5-15-7-8/h1,3-4,6,8H,2,5,7H2,(H,12,13). The van der Waals surface area contributed by atoms with E-state index in [0.29, 0.717) is 6.04 Å². The highest BCUT2D eigenvalue weighted by Crippen LogP contribution is 2.15. The van der Waals surface area contributed by atoms with Gasteiger partial charge in [0.2, 0.25) is 5.13 Å². The Balaban J connectivity index is 1.72. The van der Waals surface area contributed by atoms with Crippen LogP contribution in [0.1, 0.15) is 6.42 Å². The zero-order chi connectivity index (χ0) is 10.8. The molecular formula is C10H12N4OS. The highest BCUT2D eigenvalue weighted by molar-refractivity contribution is 7.12. The Bertz CT molecular complexity index is 447. The molecule has 1 N–H and O–H groups in total. The van der Waals surface area contributed by atoms with E-state index in [-0.39, 0.29) is 0 Å². The number of rotatable bonds is 3. The number of nitrogens with one attached hydrogen (secondary N) is 1. The molecule has 0 amide bonds. The normalized spacial score (nSPS) is 20.1. The molecule has 0 saturated carbocycles. The smallest absolute Gasteiger partial charge is 0.210 e. The van der Waals surface area contributed by atoms with Crippen molar-refractivity contribution in [2.24, 2.45) is 0 Å². The van der Waals surface area contributed by atoms with Gasteiger partial charge in [-0.3, -0.25) is 0 Å². The van der Waals surface area contributed by atoms with Gasteiger partial charge in [0.25, 0.3) is 0 Å². The van der Waals surface area contributed by atoms with Crippen LogP contribution in [0.15, 0.2) is 23.8 Å². The van der Waals surface area contributed by atoms with E-state index in [1.807, 2.05) is 17.6 Å². The first-order valence-corrected chi connectivity index (χ1v) is 6.09. The molecule has 0 aromatic carbocycles. The van der Waals surface area contributed by atoms with Gasteiger partial charge in [0.05, 0.1) is 12.6 Å². The van der Waals surface area contributed by atoms with Crippen molar-refractivity contribution in [3.63, 3.8) is 0 Å². The Labute approximate surface area is 97.1 Å². The van der Waals surface area contributed by atoms with Crippen LogP contribution in [-0.2, 0) is 4.74 Å². The van der Waals surface area contributed by atoms with Crippen molar-refractivity contribution in [2.45, 2.75) is 12.5 Å². The molecule has 1 atom stereocenters. The number of aromatic nitrogens is 3. The van der Waals surface area contributed by atoms with Gasteiger partial charge in [0, 0.05) is 30.4 Å². The van der Waals surface area contributed by atoms with Crippen LogP contribution in [0, 0.1) is 0 Å². The number of hydrogen-bond acceptors (Lipinski definition) is 5. The molecule has 0 spiro atoms. The number of anilines is 1. The lowest BCUT2D eigenvalue weighted by atomic mass is 10.3. The summed E-state index contributed by atoms with van der Waals surface area (Å²) in [7, 11) is 0. The molecule has 1 aliphatic rings. The summed E-state index contributed by atoms with van der Waals surface area (Å²) in [5.74, 6) is 0.880. The van der Waals surface area contributed by atoms with E-state index in [9.17, 15) is 0 Å². The van der Waals surface area contributed by atoms with Crippen LogP contribution in [0.3, 0.4) is 0 Å². The summed E-state index contributed by atoms with van der Waals surface area (Å²) in [6.45, 7) is 1.61. The zero-order valence-electron chi connectivity index (χ0n) is 8.67. The van der Waals surface area contributed by atoms with Crippen LogP contribution < -0.4 is 5.32 Å². The summed E-state index contributed by atoms with van der Waals surface area (Å²) in [5.41, 5.74) is 0. The lowest BCUT2D eigenvalue weighted by molar-refractivity contribution is 0.195. The largest absolute Gasteiger partial charge is 0.379 e. The van der Waals surface area contributed by atoms with Crippen molar-refractivity contribution >= 4 is 17.2 Å². The molecule has 16 heavy (non-hydrogen) atoms. The van der Waals surface area contributed by atoms with E-state index in [4.69, 9.17) is 4.74 Å². The van der Waals surface area contributed by atoms with Crippen LogP contribution in [-0.4, -0.2) is 34.0 Å². The van der Waals surface area contributed by atoms with Crippen LogP contribution in [0.25, 0.3) is 5.13 Å². The topological polar surface area (TPSA) is 52.0 Å². The van der Waals surface area contributed by atoms with Gasteiger partial charge in [0.15, 0.2) is 0 Å². The number of nitrogens with zero attached hydrogens (tertiary/aromatic N) is 3. The van der Waals surface area contributed by atoms with Gasteiger partial charge >= 0.3 is 0 Å². The van der Waals surface area contributed by atoms with Crippen LogP contribution in [0.2, 0.25) is 0 Å². The third kappa shape index (κ3) is 1.94. The Morgan fingerprint density at radius 3 is 3.31 bits per heavy atom. The number of ether oxygens (including phenoxy) is 1. The molecule has 84 valence electrons. The van der Waals surface area contributed by atoms with Gasteiger partial charge in [-0.25, -0.2) is 9.67 Å². The summed E-state index contributed by atoms with van der Waals surface area (Å²) >= 11 is 1.57. The third-order valence-corrected chi connectivity index (χ3v) is 3.25. The lowest BCUT2D eigenvalue weighted by Crippen LogP contribution is -2.19. The van der Waals surface area contributed by atoms with E-state index in [0.717, 1.165) is 30.6 Å². The summed E-state index contributed by atoms with van der Waals surface area (Å²) < 4.78 is 7.08. The first-order valence-electron chi connectivity index (χ1n) is 5.21. The second-order valence-electron chi connectivity index (χ2n) is 3.67. The quantitative estimate of drug-likeness (QED) is 0.878. The minimum absolute atomic E-state index is 0.389. The van der Waals surface area contributed by atoms with Gasteiger partial charge in [0.1, 0.15) is 5.82 Å². The highest BCUT2D eigenvalue weighted by atomic mass is 32.1. The van der Waals surface area contributed by atoms with E-state index in [1.54, 1.807) is 22.2 Å². The van der Waals surface area contributed by atoms with Crippen molar-refractivity contribution in [3.8, 4) is 5.13 Å². The van der Waals surface area contributed by atoms with Crippen molar-refractivity contribution < 1.29 is 4.74 Å². The fourth-order valence-corrected chi connectivity index (χ4v) is 2.27. The first-order chi connectivity index (χ1) is 7.92. The molecule has 2 aromatic heterocycles. The van der Waals surface area contributed by atoms with Gasteiger partial charge < -0.3 is 10.1 Å². The Morgan fingerprint density at radius 1 is 1.56 bits per heavy atom. The fraction of sp³-hybridized carbons (Fsp3) is 0.400. The maximum Gasteiger partial charge on any atom is 0.210 e. The van der Waals surface area contributed by atoms with E-state index >= 15 is 0 Å². The van der Waals surface area contributed by atoms with Gasteiger partial charge in [-0.2, -0.15) is 0 Å². The van der Waals surface area contributed by atoms with Gasteiger partial charge in [-0.15, -0.1) is 16.4 Å². The predicted octanol–water partition coefficient (Wildman–Crippen LogP) is 1.53. The molecule has 0 bridgehead atoms. The lowest BCUT2D eigenvalue weighted by Gasteiger charge is -2.08. The maximum atomic E-state index is 5.30. The predicted molar refractivity (Wildman–Crippen MR) is 62.1 cm³/mol. The molecule has 1 aliphatic heterocycles. The average molecular weight is 236 g/mol. The molecule has 1 unspecified atom stereocenters. The van der Waals surface area contributed by atoms with Crippen molar-refractivity contribution in [1.82, 2.24) is 14.8 Å². The Hall–Kier alpha value is -1.40. The molecular weight excluding hydrogens is 224 g/mol. The number of thiazole rings is 1. The average Bonchev–Trinajstić information content (AvgIpc) is 2.99. The van der Waals surface area contributed by atoms with Crippen LogP contribution in [0.4, 0.5) is 5.82 Å². The number of hydrogen-bond donors (Lipinski definition) is 1. The molecule has 1 saturated heterocycles. The SMILES string of the molecule is c1csc(-n2ccc(NC3CCOC3)n2)n1. The molecule has 6 heteroatoms. The first kappa shape index (κ1) is 9.80. The van der Waals surface area contributed by atoms with Gasteiger partial charge in [-0.05, 0) is 6.42 Å². The highest BCUT2D eigenvalue weighted by Gasteiger charge is 2.16. The van der Waals surface area contributed by atoms with Crippen molar-refractivity contribution in [3.05, 3.63) is 23.8 Å². The van der Waals surface area contributed by atoms with E-state index in [2.05, 4.69) is 15.4 Å². The summed E-state index contributed by atoms with van der Waals surface area (Å²) in [6.07, 6.45) is 4.74. The molecule has 3 rings (SSSR count).